The molecule has 4 nitrogen and oxygen atoms in total. The normalized spacial score (nSPS) is 23.2. The summed E-state index contributed by atoms with van der Waals surface area (Å²) in [4.78, 5) is 0. The number of rotatable bonds is 1. The quantitative estimate of drug-likeness (QED) is 0.343. The van der Waals surface area contributed by atoms with Crippen molar-refractivity contribution in [2.45, 2.75) is 6.10 Å². The Balaban J connectivity index is 2.73. The summed E-state index contributed by atoms with van der Waals surface area (Å²) in [6, 6.07) is 0. The van der Waals surface area contributed by atoms with Gasteiger partial charge in [0.2, 0.25) is 0 Å². The molecular formula is C6H9N3O. The van der Waals surface area contributed by atoms with Crippen molar-refractivity contribution >= 4 is 5.84 Å². The number of amidine groups is 1. The van der Waals surface area contributed by atoms with Crippen molar-refractivity contribution in [2.24, 2.45) is 11.5 Å². The second kappa shape index (κ2) is 2.43. The first-order chi connectivity index (χ1) is 4.72. The zero-order valence-electron chi connectivity index (χ0n) is 5.37. The molecule has 0 aliphatic carbocycles. The molecule has 0 fully saturated rings. The minimum atomic E-state index is -0.565. The van der Waals surface area contributed by atoms with Crippen LogP contribution in [-0.4, -0.2) is 11.9 Å². The number of nitrogens with one attached hydrogen (secondary N) is 1. The van der Waals surface area contributed by atoms with Crippen LogP contribution in [0, 0.1) is 5.41 Å². The number of nitrogens with two attached hydrogens (primary N) is 2. The van der Waals surface area contributed by atoms with E-state index >= 15 is 0 Å². The van der Waals surface area contributed by atoms with Crippen molar-refractivity contribution in [1.29, 1.82) is 5.41 Å². The molecule has 1 aliphatic heterocycles. The number of ether oxygens (including phenoxy) is 1. The van der Waals surface area contributed by atoms with Crippen LogP contribution in [0.5, 0.6) is 0 Å². The van der Waals surface area contributed by atoms with Crippen LogP contribution < -0.4 is 11.5 Å². The van der Waals surface area contributed by atoms with Gasteiger partial charge in [-0.3, -0.25) is 5.41 Å². The van der Waals surface area contributed by atoms with Crippen molar-refractivity contribution in [3.8, 4) is 0 Å². The Morgan fingerprint density at radius 1 is 1.70 bits per heavy atom. The molecule has 1 rings (SSSR count). The summed E-state index contributed by atoms with van der Waals surface area (Å²) in [6.07, 6.45) is 4.22. The third-order valence-electron chi connectivity index (χ3n) is 1.17. The zero-order chi connectivity index (χ0) is 7.56. The molecule has 1 heterocycles. The van der Waals surface area contributed by atoms with E-state index in [1.165, 1.54) is 6.26 Å². The predicted molar refractivity (Wildman–Crippen MR) is 38.2 cm³/mol. The number of allylic oxidation sites excluding steroid dienone is 2. The van der Waals surface area contributed by atoms with E-state index in [9.17, 15) is 0 Å². The number of hydrogen-bond acceptors (Lipinski definition) is 3. The molecule has 0 aromatic heterocycles. The Kier molecular flexibility index (Phi) is 1.62. The minimum Gasteiger partial charge on any atom is -0.484 e. The van der Waals surface area contributed by atoms with Gasteiger partial charge in [-0.05, 0) is 12.2 Å². The lowest BCUT2D eigenvalue weighted by molar-refractivity contribution is 0.225. The molecule has 4 heteroatoms. The van der Waals surface area contributed by atoms with Crippen molar-refractivity contribution < 1.29 is 4.74 Å². The van der Waals surface area contributed by atoms with E-state index in [1.807, 2.05) is 0 Å². The molecule has 54 valence electrons. The van der Waals surface area contributed by atoms with Crippen LogP contribution in [0.2, 0.25) is 0 Å². The monoisotopic (exact) mass is 139 g/mol. The fourth-order valence-electron chi connectivity index (χ4n) is 0.693. The molecule has 1 unspecified atom stereocenters. The van der Waals surface area contributed by atoms with Crippen LogP contribution in [0.3, 0.4) is 0 Å². The van der Waals surface area contributed by atoms with Crippen LogP contribution in [0.4, 0.5) is 0 Å². The average Bonchev–Trinajstić information content (AvgIpc) is 1.88. The van der Waals surface area contributed by atoms with Gasteiger partial charge in [0, 0.05) is 0 Å². The maximum absolute atomic E-state index is 7.02. The second-order valence-electron chi connectivity index (χ2n) is 1.97. The SMILES string of the molecule is N=C(N)C1OC=CC=C1N. The first-order valence-electron chi connectivity index (χ1n) is 2.83. The fraction of sp³-hybridized carbons (Fsp3) is 0.167. The van der Waals surface area contributed by atoms with Crippen molar-refractivity contribution in [2.75, 3.05) is 0 Å². The summed E-state index contributed by atoms with van der Waals surface area (Å²) in [6.45, 7) is 0. The van der Waals surface area contributed by atoms with E-state index in [2.05, 4.69) is 0 Å². The molecule has 1 aliphatic rings. The van der Waals surface area contributed by atoms with Gasteiger partial charge in [-0.25, -0.2) is 0 Å². The standard InChI is InChI=1S/C6H9N3O/c7-4-2-1-3-10-5(4)6(8)9/h1-3,5H,7H2,(H3,8,9). The summed E-state index contributed by atoms with van der Waals surface area (Å²) < 4.78 is 4.93. The van der Waals surface area contributed by atoms with Crippen LogP contribution >= 0.6 is 0 Å². The second-order valence-corrected chi connectivity index (χ2v) is 1.97. The maximum Gasteiger partial charge on any atom is 0.193 e. The van der Waals surface area contributed by atoms with E-state index < -0.39 is 6.10 Å². The van der Waals surface area contributed by atoms with Crippen LogP contribution in [0.15, 0.2) is 24.1 Å². The van der Waals surface area contributed by atoms with Gasteiger partial charge in [0.15, 0.2) is 6.10 Å². The molecule has 1 atom stereocenters. The summed E-state index contributed by atoms with van der Waals surface area (Å²) in [5.41, 5.74) is 11.1. The van der Waals surface area contributed by atoms with Gasteiger partial charge in [0.25, 0.3) is 0 Å². The molecular weight excluding hydrogens is 130 g/mol. The predicted octanol–water partition coefficient (Wildman–Crippen LogP) is -0.323. The summed E-state index contributed by atoms with van der Waals surface area (Å²) >= 11 is 0. The Bertz CT molecular complexity index is 207. The minimum absolute atomic E-state index is 0.0712. The third kappa shape index (κ3) is 1.10. The molecule has 5 N–H and O–H groups in total. The van der Waals surface area contributed by atoms with Gasteiger partial charge in [-0.15, -0.1) is 0 Å². The van der Waals surface area contributed by atoms with E-state index in [1.54, 1.807) is 12.2 Å². The molecule has 0 amide bonds. The van der Waals surface area contributed by atoms with Crippen molar-refractivity contribution in [3.63, 3.8) is 0 Å². The van der Waals surface area contributed by atoms with Crippen LogP contribution in [0.1, 0.15) is 0 Å². The van der Waals surface area contributed by atoms with Crippen molar-refractivity contribution in [3.05, 3.63) is 24.1 Å². The lowest BCUT2D eigenvalue weighted by Crippen LogP contribution is -2.35. The molecule has 0 saturated heterocycles. The van der Waals surface area contributed by atoms with Crippen molar-refractivity contribution in [1.82, 2.24) is 0 Å². The molecule has 0 spiro atoms. The smallest absolute Gasteiger partial charge is 0.193 e. The first kappa shape index (κ1) is 6.67. The van der Waals surface area contributed by atoms with Gasteiger partial charge < -0.3 is 16.2 Å². The first-order valence-corrected chi connectivity index (χ1v) is 2.83. The van der Waals surface area contributed by atoms with Gasteiger partial charge in [-0.2, -0.15) is 0 Å². The molecule has 0 radical (unpaired) electrons. The molecule has 0 saturated carbocycles. The third-order valence-corrected chi connectivity index (χ3v) is 1.17. The van der Waals surface area contributed by atoms with Gasteiger partial charge in [0.1, 0.15) is 5.84 Å². The lowest BCUT2D eigenvalue weighted by Gasteiger charge is -2.17. The van der Waals surface area contributed by atoms with Gasteiger partial charge in [0.05, 0.1) is 12.0 Å². The van der Waals surface area contributed by atoms with Crippen LogP contribution in [-0.2, 0) is 4.74 Å². The lowest BCUT2D eigenvalue weighted by atomic mass is 10.2. The Morgan fingerprint density at radius 3 is 2.80 bits per heavy atom. The van der Waals surface area contributed by atoms with Gasteiger partial charge >= 0.3 is 0 Å². The number of hydrogen-bond donors (Lipinski definition) is 3. The van der Waals surface area contributed by atoms with E-state index in [0.29, 0.717) is 5.70 Å². The highest BCUT2D eigenvalue weighted by atomic mass is 16.5. The zero-order valence-corrected chi connectivity index (χ0v) is 5.37. The Labute approximate surface area is 58.7 Å². The largest absolute Gasteiger partial charge is 0.484 e. The molecule has 0 bridgehead atoms. The van der Waals surface area contributed by atoms with E-state index in [4.69, 9.17) is 21.6 Å². The average molecular weight is 139 g/mol. The maximum atomic E-state index is 7.02. The molecule has 10 heavy (non-hydrogen) atoms. The molecule has 0 aromatic carbocycles. The highest BCUT2D eigenvalue weighted by Crippen LogP contribution is 2.06. The Hall–Kier alpha value is -1.45. The summed E-state index contributed by atoms with van der Waals surface area (Å²) in [5.74, 6) is -0.0712. The summed E-state index contributed by atoms with van der Waals surface area (Å²) in [5, 5.41) is 7.02. The summed E-state index contributed by atoms with van der Waals surface area (Å²) in [7, 11) is 0. The van der Waals surface area contributed by atoms with Gasteiger partial charge in [-0.1, -0.05) is 0 Å². The van der Waals surface area contributed by atoms with E-state index in [0.717, 1.165) is 0 Å². The topological polar surface area (TPSA) is 85.1 Å². The highest BCUT2D eigenvalue weighted by molar-refractivity contribution is 5.85. The highest BCUT2D eigenvalue weighted by Gasteiger charge is 2.16. The van der Waals surface area contributed by atoms with E-state index in [-0.39, 0.29) is 5.84 Å². The molecule has 0 aromatic rings. The Morgan fingerprint density at radius 2 is 2.40 bits per heavy atom. The fourth-order valence-corrected chi connectivity index (χ4v) is 0.693. The van der Waals surface area contributed by atoms with Crippen LogP contribution in [0.25, 0.3) is 0 Å².